The Kier molecular flexibility index (Phi) is 3.88. The van der Waals surface area contributed by atoms with Crippen LogP contribution in [0.1, 0.15) is 59.9 Å². The molecule has 1 aliphatic heterocycles. The lowest BCUT2D eigenvalue weighted by atomic mass is 10.1. The van der Waals surface area contributed by atoms with Crippen molar-refractivity contribution in [2.24, 2.45) is 0 Å². The van der Waals surface area contributed by atoms with Gasteiger partial charge in [0.25, 0.3) is 5.91 Å². The lowest BCUT2D eigenvalue weighted by Crippen LogP contribution is -2.27. The molecule has 0 spiro atoms. The number of aromatic amines is 1. The molecular formula is C18H21N3O3. The third kappa shape index (κ3) is 3.09. The number of benzene rings is 1. The number of aromatic nitrogens is 2. The van der Waals surface area contributed by atoms with Crippen molar-refractivity contribution >= 4 is 5.91 Å². The Morgan fingerprint density at radius 1 is 1.25 bits per heavy atom. The zero-order chi connectivity index (χ0) is 16.5. The second-order valence-corrected chi connectivity index (χ2v) is 6.43. The lowest BCUT2D eigenvalue weighted by molar-refractivity contribution is 0.0934. The van der Waals surface area contributed by atoms with Crippen molar-refractivity contribution in [2.45, 2.75) is 38.1 Å². The van der Waals surface area contributed by atoms with E-state index in [0.29, 0.717) is 24.8 Å². The Bertz CT molecular complexity index is 752. The van der Waals surface area contributed by atoms with Crippen LogP contribution in [-0.2, 0) is 0 Å². The molecule has 126 valence electrons. The molecule has 2 heterocycles. The van der Waals surface area contributed by atoms with Crippen molar-refractivity contribution in [3.05, 3.63) is 41.2 Å². The first-order chi connectivity index (χ1) is 11.7. The molecule has 1 aromatic heterocycles. The number of fused-ring (bicyclic) bond motifs is 1. The van der Waals surface area contributed by atoms with E-state index < -0.39 is 0 Å². The Morgan fingerprint density at radius 2 is 2.04 bits per heavy atom. The largest absolute Gasteiger partial charge is 0.490 e. The molecule has 0 radical (unpaired) electrons. The number of ether oxygens (including phenoxy) is 2. The summed E-state index contributed by atoms with van der Waals surface area (Å²) < 4.78 is 11.3. The molecule has 4 rings (SSSR count). The number of hydrogen-bond donors (Lipinski definition) is 2. The van der Waals surface area contributed by atoms with Crippen molar-refractivity contribution in [3.8, 4) is 11.5 Å². The monoisotopic (exact) mass is 327 g/mol. The van der Waals surface area contributed by atoms with Gasteiger partial charge in [-0.1, -0.05) is 6.07 Å². The predicted octanol–water partition coefficient (Wildman–Crippen LogP) is 2.94. The van der Waals surface area contributed by atoms with Gasteiger partial charge in [-0.15, -0.1) is 0 Å². The minimum absolute atomic E-state index is 0.143. The summed E-state index contributed by atoms with van der Waals surface area (Å²) in [6, 6.07) is 7.51. The summed E-state index contributed by atoms with van der Waals surface area (Å²) in [5.41, 5.74) is 2.48. The first-order valence-corrected chi connectivity index (χ1v) is 8.46. The zero-order valence-corrected chi connectivity index (χ0v) is 13.7. The number of H-pyrrole nitrogens is 1. The van der Waals surface area contributed by atoms with Crippen LogP contribution in [-0.4, -0.2) is 29.3 Å². The minimum Gasteiger partial charge on any atom is -0.490 e. The SMILES string of the molecule is CC(NC(=O)c1cc(C2CC2)[nH]n1)c1ccc2c(c1)OCCCO2. The van der Waals surface area contributed by atoms with Gasteiger partial charge in [-0.3, -0.25) is 9.89 Å². The van der Waals surface area contributed by atoms with Crippen LogP contribution >= 0.6 is 0 Å². The molecule has 1 saturated carbocycles. The fraction of sp³-hybridized carbons (Fsp3) is 0.444. The van der Waals surface area contributed by atoms with Gasteiger partial charge in [0.05, 0.1) is 19.3 Å². The van der Waals surface area contributed by atoms with Gasteiger partial charge >= 0.3 is 0 Å². The topological polar surface area (TPSA) is 76.2 Å². The van der Waals surface area contributed by atoms with Gasteiger partial charge in [-0.05, 0) is 43.5 Å². The number of amides is 1. The molecule has 1 atom stereocenters. The first-order valence-electron chi connectivity index (χ1n) is 8.46. The predicted molar refractivity (Wildman–Crippen MR) is 88.5 cm³/mol. The third-order valence-electron chi connectivity index (χ3n) is 4.47. The summed E-state index contributed by atoms with van der Waals surface area (Å²) in [4.78, 5) is 12.4. The van der Waals surface area contributed by atoms with Crippen LogP contribution in [0.4, 0.5) is 0 Å². The van der Waals surface area contributed by atoms with E-state index in [2.05, 4.69) is 15.5 Å². The van der Waals surface area contributed by atoms with E-state index in [-0.39, 0.29) is 11.9 Å². The van der Waals surface area contributed by atoms with Crippen LogP contribution in [0, 0.1) is 0 Å². The molecule has 0 bridgehead atoms. The Labute approximate surface area is 140 Å². The number of nitrogens with one attached hydrogen (secondary N) is 2. The average Bonchev–Trinajstić information content (AvgIpc) is 3.36. The molecule has 6 nitrogen and oxygen atoms in total. The molecule has 1 fully saturated rings. The summed E-state index contributed by atoms with van der Waals surface area (Å²) in [5, 5.41) is 10.1. The number of nitrogens with zero attached hydrogens (tertiary/aromatic N) is 1. The molecule has 24 heavy (non-hydrogen) atoms. The molecule has 1 aromatic carbocycles. The van der Waals surface area contributed by atoms with E-state index in [0.717, 1.165) is 29.2 Å². The van der Waals surface area contributed by atoms with E-state index in [1.807, 2.05) is 31.2 Å². The number of carbonyl (C=O) groups excluding carboxylic acids is 1. The van der Waals surface area contributed by atoms with Crippen LogP contribution in [0.15, 0.2) is 24.3 Å². The van der Waals surface area contributed by atoms with Gasteiger partial charge in [0.15, 0.2) is 11.5 Å². The smallest absolute Gasteiger partial charge is 0.272 e. The van der Waals surface area contributed by atoms with Gasteiger partial charge < -0.3 is 14.8 Å². The highest BCUT2D eigenvalue weighted by atomic mass is 16.5. The highest BCUT2D eigenvalue weighted by Gasteiger charge is 2.26. The number of carbonyl (C=O) groups is 1. The van der Waals surface area contributed by atoms with Crippen molar-refractivity contribution in [2.75, 3.05) is 13.2 Å². The van der Waals surface area contributed by atoms with Crippen molar-refractivity contribution < 1.29 is 14.3 Å². The fourth-order valence-electron chi connectivity index (χ4n) is 2.86. The van der Waals surface area contributed by atoms with Gasteiger partial charge in [0.2, 0.25) is 0 Å². The van der Waals surface area contributed by atoms with Gasteiger partial charge in [0.1, 0.15) is 5.69 Å². The number of rotatable bonds is 4. The van der Waals surface area contributed by atoms with Gasteiger partial charge in [-0.2, -0.15) is 5.10 Å². The second-order valence-electron chi connectivity index (χ2n) is 6.43. The highest BCUT2D eigenvalue weighted by molar-refractivity contribution is 5.92. The molecule has 1 aliphatic carbocycles. The van der Waals surface area contributed by atoms with Crippen molar-refractivity contribution in [1.82, 2.24) is 15.5 Å². The maximum absolute atomic E-state index is 12.4. The maximum Gasteiger partial charge on any atom is 0.272 e. The standard InChI is InChI=1S/C18H21N3O3/c1-11(13-5-6-16-17(9-13)24-8-2-7-23-16)19-18(22)15-10-14(20-21-15)12-3-4-12/h5-6,9-12H,2-4,7-8H2,1H3,(H,19,22)(H,20,21). The summed E-state index contributed by atoms with van der Waals surface area (Å²) >= 11 is 0. The van der Waals surface area contributed by atoms with E-state index in [1.165, 1.54) is 12.8 Å². The Balaban J connectivity index is 1.45. The molecular weight excluding hydrogens is 306 g/mol. The highest BCUT2D eigenvalue weighted by Crippen LogP contribution is 2.39. The second kappa shape index (κ2) is 6.19. The van der Waals surface area contributed by atoms with Crippen LogP contribution in [0.2, 0.25) is 0 Å². The molecule has 2 aliphatic rings. The Morgan fingerprint density at radius 3 is 2.83 bits per heavy atom. The van der Waals surface area contributed by atoms with E-state index in [1.54, 1.807) is 0 Å². The van der Waals surface area contributed by atoms with Crippen LogP contribution in [0.5, 0.6) is 11.5 Å². The summed E-state index contributed by atoms with van der Waals surface area (Å²) in [5.74, 6) is 1.88. The van der Waals surface area contributed by atoms with Gasteiger partial charge in [0, 0.05) is 18.0 Å². The lowest BCUT2D eigenvalue weighted by Gasteiger charge is -2.16. The minimum atomic E-state index is -0.169. The molecule has 1 amide bonds. The van der Waals surface area contributed by atoms with Crippen LogP contribution in [0.25, 0.3) is 0 Å². The van der Waals surface area contributed by atoms with E-state index >= 15 is 0 Å². The number of hydrogen-bond acceptors (Lipinski definition) is 4. The quantitative estimate of drug-likeness (QED) is 0.905. The molecule has 2 aromatic rings. The molecule has 2 N–H and O–H groups in total. The average molecular weight is 327 g/mol. The normalized spacial score (nSPS) is 17.9. The summed E-state index contributed by atoms with van der Waals surface area (Å²) in [6.45, 7) is 3.27. The Hall–Kier alpha value is -2.50. The zero-order valence-electron chi connectivity index (χ0n) is 13.7. The summed E-state index contributed by atoms with van der Waals surface area (Å²) in [7, 11) is 0. The van der Waals surface area contributed by atoms with Crippen LogP contribution in [0.3, 0.4) is 0 Å². The maximum atomic E-state index is 12.4. The molecule has 6 heteroatoms. The van der Waals surface area contributed by atoms with Crippen LogP contribution < -0.4 is 14.8 Å². The van der Waals surface area contributed by atoms with Gasteiger partial charge in [-0.25, -0.2) is 0 Å². The van der Waals surface area contributed by atoms with E-state index in [9.17, 15) is 4.79 Å². The van der Waals surface area contributed by atoms with E-state index in [4.69, 9.17) is 9.47 Å². The van der Waals surface area contributed by atoms with Crippen molar-refractivity contribution in [3.63, 3.8) is 0 Å². The molecule has 0 saturated heterocycles. The first kappa shape index (κ1) is 15.1. The molecule has 1 unspecified atom stereocenters. The third-order valence-corrected chi connectivity index (χ3v) is 4.47. The fourth-order valence-corrected chi connectivity index (χ4v) is 2.86. The van der Waals surface area contributed by atoms with Crippen molar-refractivity contribution in [1.29, 1.82) is 0 Å². The summed E-state index contributed by atoms with van der Waals surface area (Å²) in [6.07, 6.45) is 3.23.